The highest BCUT2D eigenvalue weighted by molar-refractivity contribution is 4.74. The zero-order chi connectivity index (χ0) is 10.8. The van der Waals surface area contributed by atoms with Crippen molar-refractivity contribution in [2.24, 2.45) is 0 Å². The lowest BCUT2D eigenvalue weighted by Crippen LogP contribution is -2.42. The molecule has 0 unspecified atom stereocenters. The van der Waals surface area contributed by atoms with E-state index in [-0.39, 0.29) is 12.6 Å². The lowest BCUT2D eigenvalue weighted by molar-refractivity contribution is 0.0593. The molecule has 0 aromatic rings. The van der Waals surface area contributed by atoms with E-state index in [1.165, 1.54) is 12.8 Å². The van der Waals surface area contributed by atoms with E-state index in [1.54, 1.807) is 0 Å². The second kappa shape index (κ2) is 9.44. The van der Waals surface area contributed by atoms with E-state index in [0.717, 1.165) is 25.8 Å². The van der Waals surface area contributed by atoms with E-state index in [9.17, 15) is 5.11 Å². The summed E-state index contributed by atoms with van der Waals surface area (Å²) in [6, 6.07) is 0.0616. The molecule has 0 saturated carbocycles. The normalized spacial score (nSPS) is 15.4. The summed E-state index contributed by atoms with van der Waals surface area (Å²) in [6.07, 6.45) is 4.91. The molecule has 2 atom stereocenters. The van der Waals surface area contributed by atoms with Crippen LogP contribution in [0.4, 0.5) is 0 Å². The molecular formula is C11H25NO2. The van der Waals surface area contributed by atoms with Gasteiger partial charge in [-0.15, -0.1) is 0 Å². The van der Waals surface area contributed by atoms with Crippen LogP contribution in [0, 0.1) is 0 Å². The van der Waals surface area contributed by atoms with Gasteiger partial charge in [-0.2, -0.15) is 0 Å². The second-order valence-corrected chi connectivity index (χ2v) is 3.81. The summed E-state index contributed by atoms with van der Waals surface area (Å²) in [5, 5.41) is 21.7. The third-order valence-electron chi connectivity index (χ3n) is 2.43. The monoisotopic (exact) mass is 203 g/mol. The maximum absolute atomic E-state index is 9.53. The molecule has 3 nitrogen and oxygen atoms in total. The standard InChI is InChI=1S/C11H25NO2/c1-3-5-6-7-10(11(14)9-13)12-8-4-2/h10-14H,3-9H2,1-2H3/t10-,11-/m0/s1. The van der Waals surface area contributed by atoms with Crippen LogP contribution in [0.3, 0.4) is 0 Å². The van der Waals surface area contributed by atoms with E-state index < -0.39 is 6.10 Å². The predicted octanol–water partition coefficient (Wildman–Crippen LogP) is 1.29. The highest BCUT2D eigenvalue weighted by Gasteiger charge is 2.16. The average Bonchev–Trinajstić information content (AvgIpc) is 2.22. The molecule has 0 aliphatic carbocycles. The SMILES string of the molecule is CCCCC[C@H](NCCC)[C@@H](O)CO. The molecule has 0 saturated heterocycles. The topological polar surface area (TPSA) is 52.5 Å². The average molecular weight is 203 g/mol. The van der Waals surface area contributed by atoms with Crippen molar-refractivity contribution < 1.29 is 10.2 Å². The molecule has 0 bridgehead atoms. The first kappa shape index (κ1) is 13.9. The van der Waals surface area contributed by atoms with Crippen molar-refractivity contribution >= 4 is 0 Å². The minimum absolute atomic E-state index is 0.0616. The van der Waals surface area contributed by atoms with Gasteiger partial charge in [-0.1, -0.05) is 33.1 Å². The number of rotatable bonds is 9. The highest BCUT2D eigenvalue weighted by atomic mass is 16.3. The molecule has 0 aromatic carbocycles. The van der Waals surface area contributed by atoms with E-state index in [0.29, 0.717) is 0 Å². The fourth-order valence-corrected chi connectivity index (χ4v) is 1.50. The molecule has 0 aliphatic rings. The van der Waals surface area contributed by atoms with Crippen LogP contribution in [0.1, 0.15) is 46.0 Å². The van der Waals surface area contributed by atoms with Crippen LogP contribution in [0.5, 0.6) is 0 Å². The van der Waals surface area contributed by atoms with Crippen molar-refractivity contribution in [3.05, 3.63) is 0 Å². The number of unbranched alkanes of at least 4 members (excludes halogenated alkanes) is 2. The Kier molecular flexibility index (Phi) is 9.35. The van der Waals surface area contributed by atoms with Crippen LogP contribution >= 0.6 is 0 Å². The maximum atomic E-state index is 9.53. The summed E-state index contributed by atoms with van der Waals surface area (Å²) in [5.74, 6) is 0. The summed E-state index contributed by atoms with van der Waals surface area (Å²) in [6.45, 7) is 5.03. The van der Waals surface area contributed by atoms with Gasteiger partial charge in [0.2, 0.25) is 0 Å². The van der Waals surface area contributed by atoms with Crippen molar-refractivity contribution in [3.8, 4) is 0 Å². The highest BCUT2D eigenvalue weighted by Crippen LogP contribution is 2.06. The third-order valence-corrected chi connectivity index (χ3v) is 2.43. The molecule has 0 rings (SSSR count). The van der Waals surface area contributed by atoms with E-state index in [4.69, 9.17) is 5.11 Å². The molecule has 86 valence electrons. The van der Waals surface area contributed by atoms with Crippen molar-refractivity contribution in [1.82, 2.24) is 5.32 Å². The van der Waals surface area contributed by atoms with E-state index in [2.05, 4.69) is 19.2 Å². The number of aliphatic hydroxyl groups excluding tert-OH is 2. The van der Waals surface area contributed by atoms with Gasteiger partial charge in [0.1, 0.15) is 0 Å². The lowest BCUT2D eigenvalue weighted by Gasteiger charge is -2.22. The van der Waals surface area contributed by atoms with Gasteiger partial charge < -0.3 is 15.5 Å². The minimum Gasteiger partial charge on any atom is -0.394 e. The fourth-order valence-electron chi connectivity index (χ4n) is 1.50. The number of nitrogens with one attached hydrogen (secondary N) is 1. The largest absolute Gasteiger partial charge is 0.394 e. The molecule has 14 heavy (non-hydrogen) atoms. The Morgan fingerprint density at radius 1 is 1.14 bits per heavy atom. The van der Waals surface area contributed by atoms with Crippen LogP contribution < -0.4 is 5.32 Å². The van der Waals surface area contributed by atoms with Gasteiger partial charge in [-0.05, 0) is 19.4 Å². The molecule has 3 heteroatoms. The number of hydrogen-bond acceptors (Lipinski definition) is 3. The Balaban J connectivity index is 3.72. The zero-order valence-corrected chi connectivity index (χ0v) is 9.50. The Morgan fingerprint density at radius 2 is 1.86 bits per heavy atom. The summed E-state index contributed by atoms with van der Waals surface area (Å²) >= 11 is 0. The van der Waals surface area contributed by atoms with Gasteiger partial charge >= 0.3 is 0 Å². The van der Waals surface area contributed by atoms with Crippen LogP contribution in [0.25, 0.3) is 0 Å². The maximum Gasteiger partial charge on any atom is 0.0923 e. The summed E-state index contributed by atoms with van der Waals surface area (Å²) < 4.78 is 0. The number of hydrogen-bond donors (Lipinski definition) is 3. The Labute approximate surface area is 87.5 Å². The quantitative estimate of drug-likeness (QED) is 0.495. The molecule has 3 N–H and O–H groups in total. The van der Waals surface area contributed by atoms with Crippen molar-refractivity contribution in [3.63, 3.8) is 0 Å². The van der Waals surface area contributed by atoms with Crippen LogP contribution in [0.2, 0.25) is 0 Å². The van der Waals surface area contributed by atoms with E-state index in [1.807, 2.05) is 0 Å². The molecular weight excluding hydrogens is 178 g/mol. The van der Waals surface area contributed by atoms with Gasteiger partial charge in [0, 0.05) is 6.04 Å². The van der Waals surface area contributed by atoms with Gasteiger partial charge in [0.05, 0.1) is 12.7 Å². The molecule has 0 fully saturated rings. The van der Waals surface area contributed by atoms with Crippen LogP contribution in [-0.4, -0.2) is 35.5 Å². The molecule has 0 radical (unpaired) electrons. The molecule has 0 amide bonds. The predicted molar refractivity (Wildman–Crippen MR) is 59.3 cm³/mol. The first-order chi connectivity index (χ1) is 6.76. The summed E-state index contributed by atoms with van der Waals surface area (Å²) in [5.41, 5.74) is 0. The van der Waals surface area contributed by atoms with Gasteiger partial charge in [0.25, 0.3) is 0 Å². The summed E-state index contributed by atoms with van der Waals surface area (Å²) in [7, 11) is 0. The first-order valence-electron chi connectivity index (χ1n) is 5.78. The molecule has 0 spiro atoms. The first-order valence-corrected chi connectivity index (χ1v) is 5.78. The van der Waals surface area contributed by atoms with E-state index >= 15 is 0 Å². The van der Waals surface area contributed by atoms with Gasteiger partial charge in [0.15, 0.2) is 0 Å². The Morgan fingerprint density at radius 3 is 2.36 bits per heavy atom. The molecule has 0 heterocycles. The molecule has 0 aliphatic heterocycles. The molecule has 0 aromatic heterocycles. The van der Waals surface area contributed by atoms with Crippen molar-refractivity contribution in [2.45, 2.75) is 58.1 Å². The Bertz CT molecular complexity index is 120. The van der Waals surface area contributed by atoms with Crippen LogP contribution in [-0.2, 0) is 0 Å². The third kappa shape index (κ3) is 6.35. The second-order valence-electron chi connectivity index (χ2n) is 3.81. The zero-order valence-electron chi connectivity index (χ0n) is 9.50. The van der Waals surface area contributed by atoms with Crippen LogP contribution in [0.15, 0.2) is 0 Å². The minimum atomic E-state index is -0.613. The lowest BCUT2D eigenvalue weighted by atomic mass is 10.0. The smallest absolute Gasteiger partial charge is 0.0923 e. The van der Waals surface area contributed by atoms with Gasteiger partial charge in [-0.25, -0.2) is 0 Å². The fraction of sp³-hybridized carbons (Fsp3) is 1.00. The van der Waals surface area contributed by atoms with Gasteiger partial charge in [-0.3, -0.25) is 0 Å². The van der Waals surface area contributed by atoms with Crippen molar-refractivity contribution in [2.75, 3.05) is 13.2 Å². The summed E-state index contributed by atoms with van der Waals surface area (Å²) in [4.78, 5) is 0. The Hall–Kier alpha value is -0.120. The number of aliphatic hydroxyl groups is 2. The van der Waals surface area contributed by atoms with Crippen molar-refractivity contribution in [1.29, 1.82) is 0 Å².